The topological polar surface area (TPSA) is 722 Å². The Morgan fingerprint density at radius 2 is 0.550 bits per heavy atom. The predicted molar refractivity (Wildman–Crippen MR) is 469 cm³/mol. The normalized spacial score (nSPS) is 21.7. The second-order valence-electron chi connectivity index (χ2n) is 28.9. The standard InChI is InChI=1S/C30H30N4O14P2.C26H30N4O14P2.C26H28N2O14P2/c35-24-16-17-34(28(36)33-24)27-26(47-30(38)32-22-14-8-3-9-15-22)25(46-29(37)31-21-12-6-2-7-13-21)23(45-27)19-44-50(41,42)48-49(39,40)43-18-20-10-4-1-5-11-20;1-2-15-39-45(35,36)44-46(37,38)40-16-19-21(42-25(33)27-17-9-5-3-6-10-17)22(43-26(34)28-18-11-7-4-8-12-18)23(41-19)30-14-13-20(31)29-24(30)32;1-2-15-37-43(33,34)42-44(35,36)38-16-19-21(40-24(30)17-9-5-3-6-10-17)22(41-25(31)18-11-7-4-8-12-18)23(39-19)28-14-13-20(29)27-26(28)32/h1-17,23,25-27H,18-19H2,(H,31,37)(H,32,38)(H,39,40)(H,41,42)(H,33,35,36);3-14,19,21-23H,2,15-16H2,1H3,(H,27,33)(H,28,34)(H,35,36)(H,37,38)(H,29,31,32);3-14,19,21-23H,2,15-16H2,1H3,(H,33,34)(H,35,36)(H,27,29,32)/p-6/t23-,25+,26?,27-;2*19-,21+,22?,23-/m111/s1. The summed E-state index contributed by atoms with van der Waals surface area (Å²) in [6.07, 6.45) is -20.9. The third-order valence-electron chi connectivity index (χ3n) is 18.7. The summed E-state index contributed by atoms with van der Waals surface area (Å²) in [4.78, 5) is 231. The summed E-state index contributed by atoms with van der Waals surface area (Å²) in [5.41, 5.74) is -3.66. The number of ether oxygens (including phenoxy) is 9. The molecule has 18 atom stereocenters. The zero-order valence-corrected chi connectivity index (χ0v) is 77.8. The molecule has 3 aromatic heterocycles. The number of amides is 4. The molecule has 3 aliphatic heterocycles. The summed E-state index contributed by atoms with van der Waals surface area (Å²) in [6, 6.07) is 58.0. The molecule has 9 unspecified atom stereocenters. The van der Waals surface area contributed by atoms with Crippen molar-refractivity contribution in [2.75, 3.05) is 54.3 Å². The monoisotopic (exact) mass is 2060 g/mol. The molecule has 7 N–H and O–H groups in total. The molecule has 0 aliphatic carbocycles. The molecule has 4 amide bonds. The fourth-order valence-electron chi connectivity index (χ4n) is 12.7. The fourth-order valence-corrected chi connectivity index (χ4v) is 18.9. The molecule has 0 bridgehead atoms. The summed E-state index contributed by atoms with van der Waals surface area (Å²) in [6.45, 7) is -1.29. The number of hydrogen-bond donors (Lipinski definition) is 7. The molecule has 3 saturated heterocycles. The van der Waals surface area contributed by atoms with Crippen molar-refractivity contribution in [2.45, 2.75) is 107 Å². The van der Waals surface area contributed by atoms with Gasteiger partial charge in [0.05, 0.1) is 50.8 Å². The Morgan fingerprint density at radius 1 is 0.314 bits per heavy atom. The molecule has 0 radical (unpaired) electrons. The maximum Gasteiger partial charge on any atom is 0.412 e. The molecule has 6 heterocycles. The van der Waals surface area contributed by atoms with Crippen LogP contribution in [0.1, 0.15) is 71.7 Å². The van der Waals surface area contributed by atoms with Crippen molar-refractivity contribution < 1.29 is 168 Å². The van der Waals surface area contributed by atoms with Gasteiger partial charge in [0, 0.05) is 59.5 Å². The zero-order chi connectivity index (χ0) is 101. The smallest absolute Gasteiger partial charge is 0.412 e. The van der Waals surface area contributed by atoms with Crippen molar-refractivity contribution in [3.05, 3.63) is 328 Å². The Balaban J connectivity index is 0.000000201. The molecule has 10 aromatic rings. The molecule has 58 heteroatoms. The number of esters is 2. The number of anilines is 4. The average Bonchev–Trinajstić information content (AvgIpc) is 1.63. The summed E-state index contributed by atoms with van der Waals surface area (Å²) >= 11 is 0. The Kier molecular flexibility index (Phi) is 38.4. The summed E-state index contributed by atoms with van der Waals surface area (Å²) < 4.78 is 167. The van der Waals surface area contributed by atoms with Gasteiger partial charge in [-0.3, -0.25) is 91.7 Å². The molecule has 140 heavy (non-hydrogen) atoms. The molecule has 52 nitrogen and oxygen atoms in total. The van der Waals surface area contributed by atoms with E-state index in [4.69, 9.17) is 56.2 Å². The van der Waals surface area contributed by atoms with E-state index in [-0.39, 0.29) is 42.9 Å². The molecule has 3 fully saturated rings. The number of rotatable bonds is 39. The van der Waals surface area contributed by atoms with Crippen LogP contribution in [-0.2, 0) is 117 Å². The highest BCUT2D eigenvalue weighted by Crippen LogP contribution is 2.59. The van der Waals surface area contributed by atoms with Crippen LogP contribution in [-0.4, -0.2) is 153 Å². The van der Waals surface area contributed by atoms with Crippen molar-refractivity contribution in [2.24, 2.45) is 0 Å². The molecule has 0 spiro atoms. The SMILES string of the molecule is CCCOP(=O)([O-])OP(=O)([O-])OC[C@H]1O[C@@H](n2ccc(=O)[nH]c2=O)C(OC(=O)Nc2ccccc2)[C@H]1OC(=O)Nc1ccccc1.CCCOP(=O)([O-])OP(=O)([O-])OC[C@H]1O[C@@H](n2ccc(=O)[nH]c2=O)C(OC(=O)c2ccccc2)[C@H]1OC(=O)c1ccccc1.O=C(Nc1ccccc1)OC1[C@@H](OC(=O)Nc2ccccc2)[C@@H](COP(=O)([O-])OP(=O)([O-])OCc2ccccc2)O[C@H]1n1ccc(=O)[nH]c1=O. The van der Waals surface area contributed by atoms with Gasteiger partial charge in [-0.15, -0.1) is 0 Å². The van der Waals surface area contributed by atoms with Crippen LogP contribution in [0.25, 0.3) is 0 Å². The van der Waals surface area contributed by atoms with Gasteiger partial charge < -0.3 is 99.1 Å². The van der Waals surface area contributed by atoms with Gasteiger partial charge >= 0.3 is 53.4 Å². The van der Waals surface area contributed by atoms with Crippen LogP contribution in [0.2, 0.25) is 0 Å². The number of nitrogens with zero attached hydrogens (tertiary/aromatic N) is 3. The highest BCUT2D eigenvalue weighted by atomic mass is 31.3. The second kappa shape index (κ2) is 49.9. The van der Waals surface area contributed by atoms with Gasteiger partial charge in [0.15, 0.2) is 55.3 Å². The summed E-state index contributed by atoms with van der Waals surface area (Å²) in [5, 5.41) is 9.78. The lowest BCUT2D eigenvalue weighted by Gasteiger charge is -2.31. The highest BCUT2D eigenvalue weighted by molar-refractivity contribution is 7.60. The van der Waals surface area contributed by atoms with Crippen LogP contribution in [0.4, 0.5) is 41.9 Å². The van der Waals surface area contributed by atoms with Crippen LogP contribution in [0, 0.1) is 0 Å². The van der Waals surface area contributed by atoms with E-state index in [0.29, 0.717) is 22.6 Å². The number of phosphoric acid groups is 6. The summed E-state index contributed by atoms with van der Waals surface area (Å²) in [5.74, 6) is -1.87. The lowest BCUT2D eigenvalue weighted by atomic mass is 10.1. The van der Waals surface area contributed by atoms with Gasteiger partial charge in [0.2, 0.25) is 0 Å². The average molecular weight is 2070 g/mol. The maximum atomic E-state index is 13.1. The van der Waals surface area contributed by atoms with Gasteiger partial charge in [-0.1, -0.05) is 153 Å². The van der Waals surface area contributed by atoms with Gasteiger partial charge in [-0.25, -0.2) is 56.1 Å². The van der Waals surface area contributed by atoms with E-state index < -0.39 is 217 Å². The van der Waals surface area contributed by atoms with Crippen LogP contribution >= 0.6 is 46.9 Å². The molecule has 13 rings (SSSR count). The van der Waals surface area contributed by atoms with Crippen molar-refractivity contribution in [1.82, 2.24) is 28.7 Å². The predicted octanol–water partition coefficient (Wildman–Crippen LogP) is 6.20. The van der Waals surface area contributed by atoms with E-state index in [0.717, 1.165) is 50.5 Å². The van der Waals surface area contributed by atoms with Gasteiger partial charge in [-0.2, -0.15) is 0 Å². The van der Waals surface area contributed by atoms with Gasteiger partial charge in [-0.05, 0) is 91.2 Å². The number of hydrogen-bond acceptors (Lipinski definition) is 42. The maximum absolute atomic E-state index is 13.1. The number of carbonyl (C=O) groups is 6. The third kappa shape index (κ3) is 33.0. The Bertz CT molecular complexity index is 6580. The number of nitrogens with one attached hydrogen (secondary N) is 7. The molecule has 3 aliphatic rings. The van der Waals surface area contributed by atoms with Crippen LogP contribution in [0.5, 0.6) is 0 Å². The minimum atomic E-state index is -5.73. The van der Waals surface area contributed by atoms with Crippen LogP contribution in [0.15, 0.2) is 278 Å². The Morgan fingerprint density at radius 3 is 0.829 bits per heavy atom. The summed E-state index contributed by atoms with van der Waals surface area (Å²) in [7, 11) is -33.2. The molecule has 0 saturated carbocycles. The lowest BCUT2D eigenvalue weighted by Crippen LogP contribution is -2.44. The lowest BCUT2D eigenvalue weighted by molar-refractivity contribution is -0.248. The number of aromatic nitrogens is 6. The fraction of sp³-hybridized carbons (Fsp3) is 0.268. The Hall–Kier alpha value is -12.7. The first-order valence-electron chi connectivity index (χ1n) is 41.1. The number of para-hydroxylation sites is 4. The van der Waals surface area contributed by atoms with E-state index in [1.807, 2.05) is 15.0 Å². The quantitative estimate of drug-likeness (QED) is 0.0128. The number of carbonyl (C=O) groups excluding carboxylic acids is 6. The Labute approximate surface area is 788 Å². The number of aromatic amines is 3. The van der Waals surface area contributed by atoms with Crippen molar-refractivity contribution in [3.63, 3.8) is 0 Å². The van der Waals surface area contributed by atoms with Crippen LogP contribution < -0.4 is 84.4 Å². The first kappa shape index (κ1) is 108. The zero-order valence-electron chi connectivity index (χ0n) is 72.4. The van der Waals surface area contributed by atoms with Gasteiger partial charge in [0.1, 0.15) is 18.3 Å². The minimum absolute atomic E-state index is 0.0585. The van der Waals surface area contributed by atoms with E-state index in [1.54, 1.807) is 166 Å². The second-order valence-corrected chi connectivity index (χ2v) is 37.8. The van der Waals surface area contributed by atoms with E-state index in [1.165, 1.54) is 60.7 Å². The molecule has 7 aromatic carbocycles. The van der Waals surface area contributed by atoms with E-state index in [2.05, 4.69) is 47.8 Å². The minimum Gasteiger partial charge on any atom is -0.756 e. The first-order chi connectivity index (χ1) is 66.6. The molecule has 748 valence electrons. The van der Waals surface area contributed by atoms with E-state index in [9.17, 15) is 114 Å². The van der Waals surface area contributed by atoms with E-state index >= 15 is 0 Å². The van der Waals surface area contributed by atoms with Crippen molar-refractivity contribution in [1.29, 1.82) is 0 Å². The van der Waals surface area contributed by atoms with Crippen LogP contribution in [0.3, 0.4) is 0 Å². The number of phosphoric ester groups is 6. The first-order valence-corrected chi connectivity index (χ1v) is 49.8. The third-order valence-corrected chi connectivity index (χ3v) is 26.4. The molecular formula is C82H82N10O42P6-6. The van der Waals surface area contributed by atoms with Gasteiger partial charge in [0.25, 0.3) is 63.6 Å². The largest absolute Gasteiger partial charge is 0.756 e. The number of H-pyrrole nitrogens is 3. The van der Waals surface area contributed by atoms with Crippen molar-refractivity contribution >= 4 is 106 Å². The van der Waals surface area contributed by atoms with Crippen molar-refractivity contribution in [3.8, 4) is 0 Å². The number of benzene rings is 7. The highest BCUT2D eigenvalue weighted by Gasteiger charge is 2.55. The molecular weight excluding hydrogens is 1980 g/mol.